The minimum Gasteiger partial charge on any atom is -0.386 e. The largest absolute Gasteiger partial charge is 0.386 e. The maximum Gasteiger partial charge on any atom is 0.229 e. The Labute approximate surface area is 167 Å². The SMILES string of the molecule is CC(C)(O)c1cccn2c(C3(C(=N)[NH2+]N[NH2+]Cc4ccc(F)cc4)CC3)nnc12. The summed E-state index contributed by atoms with van der Waals surface area (Å²) in [5.41, 5.74) is 7.41. The van der Waals surface area contributed by atoms with Gasteiger partial charge < -0.3 is 5.11 Å². The van der Waals surface area contributed by atoms with Crippen LogP contribution in [-0.4, -0.2) is 25.5 Å². The fourth-order valence-electron chi connectivity index (χ4n) is 3.54. The van der Waals surface area contributed by atoms with E-state index < -0.39 is 11.0 Å². The van der Waals surface area contributed by atoms with Gasteiger partial charge in [-0.15, -0.1) is 10.2 Å². The summed E-state index contributed by atoms with van der Waals surface area (Å²) in [5, 5.41) is 27.7. The maximum absolute atomic E-state index is 13.0. The molecule has 3 aromatic rings. The van der Waals surface area contributed by atoms with Gasteiger partial charge in [0.15, 0.2) is 11.5 Å². The lowest BCUT2D eigenvalue weighted by molar-refractivity contribution is -0.907. The van der Waals surface area contributed by atoms with E-state index in [-0.39, 0.29) is 5.82 Å². The molecule has 0 saturated heterocycles. The summed E-state index contributed by atoms with van der Waals surface area (Å²) in [6.45, 7) is 4.07. The maximum atomic E-state index is 13.0. The number of benzene rings is 1. The fraction of sp³-hybridized carbons (Fsp3) is 0.350. The van der Waals surface area contributed by atoms with E-state index in [0.717, 1.165) is 24.2 Å². The molecule has 0 atom stereocenters. The number of aromatic nitrogens is 3. The average Bonchev–Trinajstić information content (AvgIpc) is 3.38. The number of rotatable bonds is 7. The van der Waals surface area contributed by atoms with Crippen molar-refractivity contribution >= 4 is 11.5 Å². The average molecular weight is 399 g/mol. The summed E-state index contributed by atoms with van der Waals surface area (Å²) < 4.78 is 14.8. The van der Waals surface area contributed by atoms with Gasteiger partial charge in [-0.3, -0.25) is 9.81 Å². The fourth-order valence-corrected chi connectivity index (χ4v) is 3.54. The molecule has 0 spiro atoms. The summed E-state index contributed by atoms with van der Waals surface area (Å²) >= 11 is 0. The Morgan fingerprint density at radius 3 is 2.66 bits per heavy atom. The van der Waals surface area contributed by atoms with Crippen molar-refractivity contribution in [1.29, 1.82) is 5.41 Å². The van der Waals surface area contributed by atoms with Crippen molar-refractivity contribution in [2.75, 3.05) is 0 Å². The van der Waals surface area contributed by atoms with Crippen LogP contribution in [0, 0.1) is 11.2 Å². The first-order valence-corrected chi connectivity index (χ1v) is 9.63. The number of aliphatic hydroxyl groups is 1. The Balaban J connectivity index is 1.45. The Kier molecular flexibility index (Phi) is 4.91. The number of hydrogen-bond acceptors (Lipinski definition) is 5. The molecule has 0 unspecified atom stereocenters. The molecule has 2 aromatic heterocycles. The Morgan fingerprint density at radius 1 is 1.28 bits per heavy atom. The van der Waals surface area contributed by atoms with Crippen LogP contribution in [0.3, 0.4) is 0 Å². The van der Waals surface area contributed by atoms with Gasteiger partial charge >= 0.3 is 0 Å². The molecule has 0 bridgehead atoms. The van der Waals surface area contributed by atoms with Crippen LogP contribution in [0.5, 0.6) is 0 Å². The van der Waals surface area contributed by atoms with Gasteiger partial charge in [-0.1, -0.05) is 18.2 Å². The van der Waals surface area contributed by atoms with Crippen LogP contribution in [0.25, 0.3) is 5.65 Å². The van der Waals surface area contributed by atoms with Gasteiger partial charge in [0.25, 0.3) is 0 Å². The molecule has 1 aromatic carbocycles. The highest BCUT2D eigenvalue weighted by Crippen LogP contribution is 2.47. The number of nitrogens with zero attached hydrogens (tertiary/aromatic N) is 3. The lowest BCUT2D eigenvalue weighted by atomic mass is 9.99. The normalized spacial score (nSPS) is 15.6. The quantitative estimate of drug-likeness (QED) is 0.125. The molecule has 152 valence electrons. The lowest BCUT2D eigenvalue weighted by Crippen LogP contribution is -3.16. The second kappa shape index (κ2) is 7.27. The van der Waals surface area contributed by atoms with E-state index >= 15 is 0 Å². The zero-order valence-electron chi connectivity index (χ0n) is 16.5. The van der Waals surface area contributed by atoms with E-state index in [1.807, 2.05) is 28.2 Å². The van der Waals surface area contributed by atoms with Gasteiger partial charge in [0.1, 0.15) is 17.8 Å². The molecule has 29 heavy (non-hydrogen) atoms. The number of amidine groups is 1. The molecular formula is C20H26FN7O+2. The minimum absolute atomic E-state index is 0.251. The second-order valence-corrected chi connectivity index (χ2v) is 8.04. The van der Waals surface area contributed by atoms with Crippen molar-refractivity contribution in [3.63, 3.8) is 0 Å². The molecule has 0 radical (unpaired) electrons. The summed E-state index contributed by atoms with van der Waals surface area (Å²) in [6.07, 6.45) is 3.53. The van der Waals surface area contributed by atoms with E-state index in [2.05, 4.69) is 15.7 Å². The molecule has 9 heteroatoms. The van der Waals surface area contributed by atoms with Crippen molar-refractivity contribution in [2.24, 2.45) is 0 Å². The molecule has 8 nitrogen and oxygen atoms in total. The van der Waals surface area contributed by atoms with E-state index in [0.29, 0.717) is 23.6 Å². The number of hydrogen-bond donors (Lipinski definition) is 5. The first kappa shape index (κ1) is 19.6. The predicted molar refractivity (Wildman–Crippen MR) is 104 cm³/mol. The summed E-state index contributed by atoms with van der Waals surface area (Å²) in [5.74, 6) is 0.912. The van der Waals surface area contributed by atoms with E-state index in [9.17, 15) is 9.50 Å². The van der Waals surface area contributed by atoms with Crippen LogP contribution in [0.15, 0.2) is 42.6 Å². The van der Waals surface area contributed by atoms with E-state index in [1.165, 1.54) is 12.1 Å². The monoisotopic (exact) mass is 399 g/mol. The van der Waals surface area contributed by atoms with Gasteiger partial charge in [-0.25, -0.2) is 9.82 Å². The van der Waals surface area contributed by atoms with Gasteiger partial charge in [-0.05, 0) is 50.4 Å². The smallest absolute Gasteiger partial charge is 0.229 e. The summed E-state index contributed by atoms with van der Waals surface area (Å²) in [6, 6.07) is 10.1. The molecule has 2 heterocycles. The molecular weight excluding hydrogens is 373 g/mol. The van der Waals surface area contributed by atoms with Crippen molar-refractivity contribution < 1.29 is 20.3 Å². The molecule has 0 amide bonds. The number of halogens is 1. The first-order chi connectivity index (χ1) is 13.8. The number of nitrogens with two attached hydrogens (primary N) is 2. The minimum atomic E-state index is -1.03. The van der Waals surface area contributed by atoms with Crippen LogP contribution >= 0.6 is 0 Å². The second-order valence-electron chi connectivity index (χ2n) is 8.04. The zero-order valence-corrected chi connectivity index (χ0v) is 16.5. The number of pyridine rings is 1. The van der Waals surface area contributed by atoms with Crippen molar-refractivity contribution in [3.8, 4) is 0 Å². The number of fused-ring (bicyclic) bond motifs is 1. The van der Waals surface area contributed by atoms with Gasteiger partial charge in [0.05, 0.1) is 5.60 Å². The number of nitrogens with one attached hydrogen (secondary N) is 2. The zero-order chi connectivity index (χ0) is 20.6. The summed E-state index contributed by atoms with van der Waals surface area (Å²) in [4.78, 5) is 0. The molecule has 1 saturated carbocycles. The molecule has 1 aliphatic rings. The molecule has 7 N–H and O–H groups in total. The lowest BCUT2D eigenvalue weighted by Gasteiger charge is -2.18. The Morgan fingerprint density at radius 2 is 2.00 bits per heavy atom. The van der Waals surface area contributed by atoms with Crippen LogP contribution in [0.4, 0.5) is 4.39 Å². The highest BCUT2D eigenvalue weighted by atomic mass is 19.1. The molecule has 4 rings (SSSR count). The molecule has 0 aliphatic heterocycles. The standard InChI is InChI=1S/C20H24FN7O/c1-19(2,29)15-4-3-11-28-16(15)24-26-18(28)20(9-10-20)17(22)25-27-23-12-13-5-7-14(21)8-6-13/h3-8,11,23,27,29H,9-10,12H2,1-2H3,(H2,22,25)/p+2. The van der Waals surface area contributed by atoms with Gasteiger partial charge in [0, 0.05) is 17.3 Å². The van der Waals surface area contributed by atoms with Crippen molar-refractivity contribution in [1.82, 2.24) is 20.1 Å². The predicted octanol–water partition coefficient (Wildman–Crippen LogP) is -0.149. The van der Waals surface area contributed by atoms with E-state index in [1.54, 1.807) is 31.4 Å². The topological polar surface area (TPSA) is 120 Å². The van der Waals surface area contributed by atoms with Gasteiger partial charge in [0.2, 0.25) is 5.84 Å². The highest BCUT2D eigenvalue weighted by Gasteiger charge is 2.56. The Hall–Kier alpha value is -2.72. The third-order valence-corrected chi connectivity index (χ3v) is 5.38. The van der Waals surface area contributed by atoms with Gasteiger partial charge in [-0.2, -0.15) is 5.43 Å². The van der Waals surface area contributed by atoms with Crippen LogP contribution in [-0.2, 0) is 17.6 Å². The summed E-state index contributed by atoms with van der Waals surface area (Å²) in [7, 11) is 0. The van der Waals surface area contributed by atoms with Crippen molar-refractivity contribution in [2.45, 2.75) is 44.2 Å². The third-order valence-electron chi connectivity index (χ3n) is 5.38. The van der Waals surface area contributed by atoms with E-state index in [4.69, 9.17) is 5.41 Å². The van der Waals surface area contributed by atoms with Crippen molar-refractivity contribution in [3.05, 3.63) is 65.4 Å². The third kappa shape index (κ3) is 3.77. The Bertz CT molecular complexity index is 1040. The first-order valence-electron chi connectivity index (χ1n) is 9.63. The van der Waals surface area contributed by atoms with Crippen LogP contribution in [0.2, 0.25) is 0 Å². The highest BCUT2D eigenvalue weighted by molar-refractivity contribution is 5.85. The molecule has 1 fully saturated rings. The van der Waals surface area contributed by atoms with Crippen LogP contribution < -0.4 is 16.4 Å². The number of quaternary nitrogens is 2. The molecule has 1 aliphatic carbocycles. The van der Waals surface area contributed by atoms with Crippen LogP contribution in [0.1, 0.15) is 43.6 Å².